The highest BCUT2D eigenvalue weighted by Gasteiger charge is 2.06. The number of aliphatic hydroxyl groups excluding tert-OH is 1. The first-order chi connectivity index (χ1) is 7.16. The summed E-state index contributed by atoms with van der Waals surface area (Å²) < 4.78 is 4.64. The Labute approximate surface area is 94.5 Å². The molecule has 0 aromatic carbocycles. The molecule has 4 N–H and O–H groups in total. The summed E-state index contributed by atoms with van der Waals surface area (Å²) in [5.74, 6) is -0.829. The normalized spacial score (nSPS) is 13.9. The van der Waals surface area contributed by atoms with E-state index in [0.717, 1.165) is 12.8 Å². The van der Waals surface area contributed by atoms with Crippen molar-refractivity contribution in [1.82, 2.24) is 0 Å². The van der Waals surface area contributed by atoms with Crippen molar-refractivity contribution in [3.63, 3.8) is 0 Å². The highest BCUT2D eigenvalue weighted by molar-refractivity contribution is 5.69. The van der Waals surface area contributed by atoms with Gasteiger partial charge in [0.1, 0.15) is 0 Å². The molecule has 6 nitrogen and oxygen atoms in total. The van der Waals surface area contributed by atoms with Gasteiger partial charge in [0.05, 0.1) is 6.61 Å². The van der Waals surface area contributed by atoms with E-state index in [-0.39, 0.29) is 24.5 Å². The Kier molecular flexibility index (Phi) is 12.9. The molecule has 16 heavy (non-hydrogen) atoms. The van der Waals surface area contributed by atoms with Gasteiger partial charge >= 0.3 is 11.9 Å². The first-order valence-corrected chi connectivity index (χ1v) is 5.15. The van der Waals surface area contributed by atoms with Gasteiger partial charge in [0, 0.05) is 19.4 Å². The molecule has 0 atom stereocenters. The highest BCUT2D eigenvalue weighted by atomic mass is 16.5. The van der Waals surface area contributed by atoms with Gasteiger partial charge in [0.25, 0.3) is 0 Å². The third-order valence-electron chi connectivity index (χ3n) is 1.84. The Morgan fingerprint density at radius 2 is 2.00 bits per heavy atom. The maximum atomic E-state index is 10.2. The number of aliphatic carboxylic acids is 1. The van der Waals surface area contributed by atoms with Gasteiger partial charge in [-0.2, -0.15) is 0 Å². The zero-order valence-corrected chi connectivity index (χ0v) is 9.28. The minimum absolute atomic E-state index is 0. The van der Waals surface area contributed by atoms with Crippen molar-refractivity contribution in [2.45, 2.75) is 38.5 Å². The van der Waals surface area contributed by atoms with E-state index < -0.39 is 5.97 Å². The number of aliphatic hydroxyl groups is 1. The average molecular weight is 236 g/mol. The van der Waals surface area contributed by atoms with Crippen molar-refractivity contribution in [3.05, 3.63) is 0 Å². The number of esters is 1. The van der Waals surface area contributed by atoms with Gasteiger partial charge in [-0.3, -0.25) is 9.59 Å². The molecule has 1 heterocycles. The lowest BCUT2D eigenvalue weighted by atomic mass is 10.2. The van der Waals surface area contributed by atoms with Crippen molar-refractivity contribution in [2.24, 2.45) is 0 Å². The van der Waals surface area contributed by atoms with Gasteiger partial charge < -0.3 is 20.4 Å². The number of hydrogen-bond acceptors (Lipinski definition) is 4. The van der Waals surface area contributed by atoms with Crippen LogP contribution < -0.4 is 0 Å². The molecule has 0 amide bonds. The minimum Gasteiger partial charge on any atom is -0.481 e. The summed E-state index contributed by atoms with van der Waals surface area (Å²) in [5.41, 5.74) is 0. The lowest BCUT2D eigenvalue weighted by Crippen LogP contribution is -2.10. The number of hydrogen-bond donors (Lipinski definition) is 2. The second kappa shape index (κ2) is 11.9. The van der Waals surface area contributed by atoms with Gasteiger partial charge in [0.2, 0.25) is 0 Å². The summed E-state index contributed by atoms with van der Waals surface area (Å²) in [6.07, 6.45) is 4.02. The first kappa shape index (κ1) is 17.3. The van der Waals surface area contributed by atoms with Crippen LogP contribution in [0.4, 0.5) is 0 Å². The van der Waals surface area contributed by atoms with Gasteiger partial charge in [-0.25, -0.2) is 0 Å². The van der Waals surface area contributed by atoms with Crippen LogP contribution in [0.1, 0.15) is 38.5 Å². The van der Waals surface area contributed by atoms with E-state index in [1.165, 1.54) is 0 Å². The summed E-state index contributed by atoms with van der Waals surface area (Å²) in [6, 6.07) is 0. The number of rotatable bonds is 4. The molecule has 1 fully saturated rings. The number of carbonyl (C=O) groups excluding carboxylic acids is 1. The van der Waals surface area contributed by atoms with Gasteiger partial charge in [0.15, 0.2) is 0 Å². The third kappa shape index (κ3) is 12.9. The zero-order valence-electron chi connectivity index (χ0n) is 9.28. The lowest BCUT2D eigenvalue weighted by Gasteiger charge is -2.08. The summed E-state index contributed by atoms with van der Waals surface area (Å²) in [5, 5.41) is 16.2. The molecule has 6 heteroatoms. The second-order valence-corrected chi connectivity index (χ2v) is 3.25. The second-order valence-electron chi connectivity index (χ2n) is 3.25. The molecule has 0 radical (unpaired) electrons. The van der Waals surface area contributed by atoms with Crippen molar-refractivity contribution in [3.8, 4) is 0 Å². The fraction of sp³-hybridized carbons (Fsp3) is 0.800. The number of cyclic esters (lactones) is 1. The molecule has 1 saturated heterocycles. The Bertz CT molecular complexity index is 184. The molecule has 0 aromatic heterocycles. The monoisotopic (exact) mass is 236 g/mol. The Balaban J connectivity index is 0. The molecule has 0 spiro atoms. The Morgan fingerprint density at radius 1 is 1.31 bits per heavy atom. The predicted octanol–water partition coefficient (Wildman–Crippen LogP) is 0.122. The topological polar surface area (TPSA) is 115 Å². The highest BCUT2D eigenvalue weighted by Crippen LogP contribution is 2.04. The molecule has 0 saturated carbocycles. The van der Waals surface area contributed by atoms with Crippen LogP contribution in [0.3, 0.4) is 0 Å². The van der Waals surface area contributed by atoms with E-state index in [1.54, 1.807) is 0 Å². The SMILES string of the molecule is O.O=C(O)CCCCO.O=C1CCCCO1. The molecule has 1 aliphatic heterocycles. The molecular weight excluding hydrogens is 216 g/mol. The Morgan fingerprint density at radius 3 is 2.31 bits per heavy atom. The predicted molar refractivity (Wildman–Crippen MR) is 57.0 cm³/mol. The van der Waals surface area contributed by atoms with Crippen LogP contribution in [0.25, 0.3) is 0 Å². The Hall–Kier alpha value is -1.14. The van der Waals surface area contributed by atoms with Crippen LogP contribution in [-0.4, -0.2) is 40.8 Å². The van der Waals surface area contributed by atoms with Gasteiger partial charge in [-0.05, 0) is 25.7 Å². The van der Waals surface area contributed by atoms with Crippen LogP contribution in [0.15, 0.2) is 0 Å². The first-order valence-electron chi connectivity index (χ1n) is 5.15. The summed E-state index contributed by atoms with van der Waals surface area (Å²) in [6.45, 7) is 0.728. The fourth-order valence-electron chi connectivity index (χ4n) is 1.02. The summed E-state index contributed by atoms with van der Waals surface area (Å²) in [7, 11) is 0. The van der Waals surface area contributed by atoms with Crippen LogP contribution in [0.5, 0.6) is 0 Å². The largest absolute Gasteiger partial charge is 0.481 e. The number of unbranched alkanes of at least 4 members (excludes halogenated alkanes) is 1. The summed E-state index contributed by atoms with van der Waals surface area (Å²) in [4.78, 5) is 20.0. The molecule has 0 aliphatic carbocycles. The van der Waals surface area contributed by atoms with E-state index in [0.29, 0.717) is 25.9 Å². The number of carboxylic acids is 1. The number of ether oxygens (including phenoxy) is 1. The van der Waals surface area contributed by atoms with Gasteiger partial charge in [-0.15, -0.1) is 0 Å². The van der Waals surface area contributed by atoms with Crippen molar-refractivity contribution in [1.29, 1.82) is 0 Å². The van der Waals surface area contributed by atoms with Crippen molar-refractivity contribution < 1.29 is 30.0 Å². The molecule has 0 bridgehead atoms. The average Bonchev–Trinajstić information content (AvgIpc) is 2.20. The van der Waals surface area contributed by atoms with Gasteiger partial charge in [-0.1, -0.05) is 0 Å². The molecule has 1 aliphatic rings. The van der Waals surface area contributed by atoms with Crippen LogP contribution in [-0.2, 0) is 14.3 Å². The zero-order chi connectivity index (χ0) is 11.5. The number of carbonyl (C=O) groups is 2. The molecule has 96 valence electrons. The number of carboxylic acid groups (broad SMARTS) is 1. The van der Waals surface area contributed by atoms with Crippen molar-refractivity contribution in [2.75, 3.05) is 13.2 Å². The van der Waals surface area contributed by atoms with Crippen LogP contribution in [0.2, 0.25) is 0 Å². The summed E-state index contributed by atoms with van der Waals surface area (Å²) >= 11 is 0. The fourth-order valence-corrected chi connectivity index (χ4v) is 1.02. The van der Waals surface area contributed by atoms with E-state index in [2.05, 4.69) is 4.74 Å². The van der Waals surface area contributed by atoms with Crippen molar-refractivity contribution >= 4 is 11.9 Å². The maximum absolute atomic E-state index is 10.2. The lowest BCUT2D eigenvalue weighted by molar-refractivity contribution is -0.146. The quantitative estimate of drug-likeness (QED) is 0.531. The van der Waals surface area contributed by atoms with E-state index in [9.17, 15) is 9.59 Å². The van der Waals surface area contributed by atoms with Crippen LogP contribution in [0, 0.1) is 0 Å². The smallest absolute Gasteiger partial charge is 0.305 e. The molecule has 1 rings (SSSR count). The van der Waals surface area contributed by atoms with E-state index >= 15 is 0 Å². The molecule has 0 unspecified atom stereocenters. The van der Waals surface area contributed by atoms with E-state index in [1.807, 2.05) is 0 Å². The molecule has 0 aromatic rings. The third-order valence-corrected chi connectivity index (χ3v) is 1.84. The minimum atomic E-state index is -0.793. The maximum Gasteiger partial charge on any atom is 0.305 e. The van der Waals surface area contributed by atoms with Crippen LogP contribution >= 0.6 is 0 Å². The molecular formula is C10H20O6. The standard InChI is InChI=1S/C5H10O3.C5H8O2.H2O/c6-4-2-1-3-5(7)8;6-5-3-1-2-4-7-5;/h6H,1-4H2,(H,7,8);1-4H2;1H2. The van der Waals surface area contributed by atoms with E-state index in [4.69, 9.17) is 10.2 Å².